The van der Waals surface area contributed by atoms with Gasteiger partial charge in [-0.15, -0.1) is 0 Å². The van der Waals surface area contributed by atoms with Gasteiger partial charge in [-0.2, -0.15) is 0 Å². The monoisotopic (exact) mass is 283 g/mol. The van der Waals surface area contributed by atoms with Crippen molar-refractivity contribution in [3.63, 3.8) is 0 Å². The van der Waals surface area contributed by atoms with E-state index in [9.17, 15) is 14.0 Å². The zero-order chi connectivity index (χ0) is 15.3. The van der Waals surface area contributed by atoms with E-state index in [2.05, 4.69) is 5.32 Å². The maximum absolute atomic E-state index is 12.7. The second-order valence-electron chi connectivity index (χ2n) is 4.69. The topological polar surface area (TPSA) is 75.6 Å². The summed E-state index contributed by atoms with van der Waals surface area (Å²) in [6.07, 6.45) is -0.636. The second-order valence-corrected chi connectivity index (χ2v) is 4.69. The van der Waals surface area contributed by atoms with Crippen molar-refractivity contribution in [2.45, 2.75) is 38.8 Å². The Balaban J connectivity index is 2.67. The van der Waals surface area contributed by atoms with Crippen LogP contribution in [0.5, 0.6) is 5.75 Å². The van der Waals surface area contributed by atoms with Gasteiger partial charge in [0.2, 0.25) is 0 Å². The Hall–Kier alpha value is -2.11. The molecule has 5 nitrogen and oxygen atoms in total. The molecule has 110 valence electrons. The number of carbonyl (C=O) groups excluding carboxylic acids is 1. The lowest BCUT2D eigenvalue weighted by Gasteiger charge is -2.26. The summed E-state index contributed by atoms with van der Waals surface area (Å²) in [5.41, 5.74) is -1.34. The van der Waals surface area contributed by atoms with Gasteiger partial charge < -0.3 is 15.2 Å². The molecule has 0 aromatic heterocycles. The first-order valence-corrected chi connectivity index (χ1v) is 6.26. The minimum atomic E-state index is -1.34. The number of aliphatic carboxylic acids is 1. The Morgan fingerprint density at radius 1 is 1.40 bits per heavy atom. The number of hydrogen-bond acceptors (Lipinski definition) is 3. The van der Waals surface area contributed by atoms with Crippen molar-refractivity contribution in [3.8, 4) is 5.75 Å². The largest absolute Gasteiger partial charge is 0.481 e. The van der Waals surface area contributed by atoms with Crippen LogP contribution in [0.15, 0.2) is 24.3 Å². The van der Waals surface area contributed by atoms with Crippen LogP contribution in [0.1, 0.15) is 27.2 Å². The lowest BCUT2D eigenvalue weighted by Crippen LogP contribution is -2.54. The molecule has 2 unspecified atom stereocenters. The van der Waals surface area contributed by atoms with E-state index < -0.39 is 29.3 Å². The van der Waals surface area contributed by atoms with Crippen molar-refractivity contribution in [2.24, 2.45) is 0 Å². The van der Waals surface area contributed by atoms with Crippen LogP contribution in [0.25, 0.3) is 0 Å². The van der Waals surface area contributed by atoms with Crippen LogP contribution in [0.2, 0.25) is 0 Å². The number of ether oxygens (including phenoxy) is 1. The number of rotatable bonds is 6. The average molecular weight is 283 g/mol. The lowest BCUT2D eigenvalue weighted by atomic mass is 9.99. The minimum absolute atomic E-state index is 0.247. The van der Waals surface area contributed by atoms with Gasteiger partial charge in [0.1, 0.15) is 17.1 Å². The molecule has 1 amide bonds. The van der Waals surface area contributed by atoms with E-state index in [1.54, 1.807) is 6.92 Å². The molecule has 6 heteroatoms. The van der Waals surface area contributed by atoms with Crippen LogP contribution in [-0.2, 0) is 9.59 Å². The molecule has 0 aliphatic heterocycles. The van der Waals surface area contributed by atoms with Crippen molar-refractivity contribution in [1.29, 1.82) is 0 Å². The summed E-state index contributed by atoms with van der Waals surface area (Å²) >= 11 is 0. The van der Waals surface area contributed by atoms with E-state index >= 15 is 0 Å². The van der Waals surface area contributed by atoms with Crippen molar-refractivity contribution >= 4 is 11.9 Å². The van der Waals surface area contributed by atoms with Gasteiger partial charge in [-0.1, -0.05) is 6.92 Å². The van der Waals surface area contributed by atoms with Crippen LogP contribution < -0.4 is 10.1 Å². The Labute approximate surface area is 116 Å². The van der Waals surface area contributed by atoms with E-state index in [0.717, 1.165) is 0 Å². The fraction of sp³-hybridized carbons (Fsp3) is 0.429. The number of carboxylic acids is 1. The van der Waals surface area contributed by atoms with Gasteiger partial charge in [-0.25, -0.2) is 9.18 Å². The third-order valence-electron chi connectivity index (χ3n) is 3.07. The predicted octanol–water partition coefficient (Wildman–Crippen LogP) is 1.96. The van der Waals surface area contributed by atoms with Crippen molar-refractivity contribution in [3.05, 3.63) is 30.1 Å². The Bertz CT molecular complexity index is 488. The zero-order valence-electron chi connectivity index (χ0n) is 11.6. The number of carbonyl (C=O) groups is 2. The standard InChI is InChI=1S/C14H18FNO4/c1-4-14(3,13(18)19)16-12(17)9(2)20-11-7-5-10(15)6-8-11/h5-9H,4H2,1-3H3,(H,16,17)(H,18,19). The zero-order valence-corrected chi connectivity index (χ0v) is 11.6. The highest BCUT2D eigenvalue weighted by Crippen LogP contribution is 2.14. The van der Waals surface area contributed by atoms with Gasteiger partial charge in [-0.05, 0) is 44.5 Å². The van der Waals surface area contributed by atoms with Crippen molar-refractivity contribution in [1.82, 2.24) is 5.32 Å². The fourth-order valence-corrected chi connectivity index (χ4v) is 1.44. The highest BCUT2D eigenvalue weighted by molar-refractivity contribution is 5.88. The lowest BCUT2D eigenvalue weighted by molar-refractivity contribution is -0.148. The summed E-state index contributed by atoms with van der Waals surface area (Å²) in [5.74, 6) is -1.72. The summed E-state index contributed by atoms with van der Waals surface area (Å²) in [6.45, 7) is 4.59. The first-order valence-electron chi connectivity index (χ1n) is 6.26. The molecule has 0 aliphatic rings. The molecule has 20 heavy (non-hydrogen) atoms. The van der Waals surface area contributed by atoms with E-state index in [4.69, 9.17) is 9.84 Å². The molecule has 0 aliphatic carbocycles. The minimum Gasteiger partial charge on any atom is -0.481 e. The van der Waals surface area contributed by atoms with Crippen LogP contribution in [0, 0.1) is 5.82 Å². The summed E-state index contributed by atoms with van der Waals surface area (Å²) in [4.78, 5) is 23.0. The van der Waals surface area contributed by atoms with Crippen LogP contribution in [0.3, 0.4) is 0 Å². The van der Waals surface area contributed by atoms with E-state index in [0.29, 0.717) is 5.75 Å². The molecule has 0 saturated heterocycles. The summed E-state index contributed by atoms with van der Waals surface area (Å²) in [5, 5.41) is 11.5. The Kier molecular flexibility index (Phi) is 5.07. The number of carboxylic acid groups (broad SMARTS) is 1. The number of amides is 1. The van der Waals surface area contributed by atoms with Crippen LogP contribution in [0.4, 0.5) is 4.39 Å². The van der Waals surface area contributed by atoms with Gasteiger partial charge in [0, 0.05) is 0 Å². The van der Waals surface area contributed by atoms with E-state index in [1.807, 2.05) is 0 Å². The number of nitrogens with one attached hydrogen (secondary N) is 1. The Morgan fingerprint density at radius 3 is 2.40 bits per heavy atom. The number of hydrogen-bond donors (Lipinski definition) is 2. The predicted molar refractivity (Wildman–Crippen MR) is 71.0 cm³/mol. The highest BCUT2D eigenvalue weighted by atomic mass is 19.1. The normalized spacial score (nSPS) is 15.0. The van der Waals surface area contributed by atoms with Crippen molar-refractivity contribution < 1.29 is 23.8 Å². The molecular weight excluding hydrogens is 265 g/mol. The molecule has 0 bridgehead atoms. The maximum Gasteiger partial charge on any atom is 0.329 e. The third-order valence-corrected chi connectivity index (χ3v) is 3.07. The first kappa shape index (κ1) is 15.9. The molecule has 2 N–H and O–H groups in total. The molecule has 1 aromatic carbocycles. The summed E-state index contributed by atoms with van der Waals surface area (Å²) < 4.78 is 18.1. The average Bonchev–Trinajstić information content (AvgIpc) is 2.40. The number of benzene rings is 1. The Morgan fingerprint density at radius 2 is 1.95 bits per heavy atom. The molecule has 0 spiro atoms. The summed E-state index contributed by atoms with van der Waals surface area (Å²) in [7, 11) is 0. The molecule has 0 heterocycles. The van der Waals surface area contributed by atoms with Crippen LogP contribution >= 0.6 is 0 Å². The van der Waals surface area contributed by atoms with Gasteiger partial charge in [0.15, 0.2) is 6.10 Å². The van der Waals surface area contributed by atoms with Crippen LogP contribution in [-0.4, -0.2) is 28.6 Å². The molecule has 1 rings (SSSR count). The summed E-state index contributed by atoms with van der Waals surface area (Å²) in [6, 6.07) is 5.23. The molecule has 1 aromatic rings. The van der Waals surface area contributed by atoms with Gasteiger partial charge >= 0.3 is 5.97 Å². The smallest absolute Gasteiger partial charge is 0.329 e. The first-order chi connectivity index (χ1) is 9.28. The fourth-order valence-electron chi connectivity index (χ4n) is 1.44. The quantitative estimate of drug-likeness (QED) is 0.837. The molecular formula is C14H18FNO4. The van der Waals surface area contributed by atoms with E-state index in [-0.39, 0.29) is 6.42 Å². The van der Waals surface area contributed by atoms with E-state index in [1.165, 1.54) is 38.1 Å². The van der Waals surface area contributed by atoms with Gasteiger partial charge in [-0.3, -0.25) is 4.79 Å². The molecule has 0 fully saturated rings. The molecule has 0 saturated carbocycles. The van der Waals surface area contributed by atoms with Crippen molar-refractivity contribution in [2.75, 3.05) is 0 Å². The highest BCUT2D eigenvalue weighted by Gasteiger charge is 2.34. The SMILES string of the molecule is CCC(C)(NC(=O)C(C)Oc1ccc(F)cc1)C(=O)O. The third kappa shape index (κ3) is 3.94. The van der Waals surface area contributed by atoms with Gasteiger partial charge in [0.05, 0.1) is 0 Å². The second kappa shape index (κ2) is 6.36. The number of halogens is 1. The molecule has 0 radical (unpaired) electrons. The molecule has 2 atom stereocenters. The maximum atomic E-state index is 12.7. The van der Waals surface area contributed by atoms with Gasteiger partial charge in [0.25, 0.3) is 5.91 Å².